The number of carbonyl (C=O) groups is 2. The van der Waals surface area contributed by atoms with Crippen molar-refractivity contribution in [3.05, 3.63) is 65.5 Å². The zero-order valence-corrected chi connectivity index (χ0v) is 11.0. The van der Waals surface area contributed by atoms with Crippen LogP contribution in [0.3, 0.4) is 0 Å². The molecule has 2 aromatic carbocycles. The second kappa shape index (κ2) is 6.51. The summed E-state index contributed by atoms with van der Waals surface area (Å²) in [6.07, 6.45) is 0. The van der Waals surface area contributed by atoms with Crippen LogP contribution in [0.25, 0.3) is 0 Å². The second-order valence-corrected chi connectivity index (χ2v) is 4.32. The number of nitrogens with one attached hydrogen (secondary N) is 2. The molecule has 0 aliphatic heterocycles. The van der Waals surface area contributed by atoms with Crippen molar-refractivity contribution in [2.75, 3.05) is 5.32 Å². The molecular formula is C15H13FN2O3. The van der Waals surface area contributed by atoms with Crippen molar-refractivity contribution in [2.24, 2.45) is 0 Å². The van der Waals surface area contributed by atoms with Crippen LogP contribution in [0, 0.1) is 5.82 Å². The smallest absolute Gasteiger partial charge is 0.335 e. The van der Waals surface area contributed by atoms with E-state index in [1.807, 2.05) is 0 Å². The molecule has 0 bridgehead atoms. The highest BCUT2D eigenvalue weighted by Gasteiger charge is 2.04. The van der Waals surface area contributed by atoms with Crippen molar-refractivity contribution in [3.63, 3.8) is 0 Å². The number of amides is 2. The number of carbonyl (C=O) groups excluding carboxylic acids is 1. The number of carboxylic acids is 1. The molecule has 0 saturated heterocycles. The average Bonchev–Trinajstić information content (AvgIpc) is 2.47. The van der Waals surface area contributed by atoms with Crippen molar-refractivity contribution >= 4 is 17.7 Å². The van der Waals surface area contributed by atoms with E-state index in [9.17, 15) is 14.0 Å². The molecule has 0 atom stereocenters. The molecule has 5 nitrogen and oxygen atoms in total. The van der Waals surface area contributed by atoms with Gasteiger partial charge < -0.3 is 15.7 Å². The standard InChI is InChI=1S/C15H13FN2O3/c16-12-5-1-10(2-6-12)9-17-15(21)18-13-7-3-11(4-8-13)14(19)20/h1-8H,9H2,(H,19,20)(H2,17,18,21). The lowest BCUT2D eigenvalue weighted by Gasteiger charge is -2.08. The van der Waals surface area contributed by atoms with Crippen LogP contribution in [-0.4, -0.2) is 17.1 Å². The number of benzene rings is 2. The predicted molar refractivity (Wildman–Crippen MR) is 75.7 cm³/mol. The largest absolute Gasteiger partial charge is 0.478 e. The van der Waals surface area contributed by atoms with E-state index in [0.29, 0.717) is 5.69 Å². The molecule has 0 unspecified atom stereocenters. The third-order valence-corrected chi connectivity index (χ3v) is 2.76. The van der Waals surface area contributed by atoms with E-state index in [0.717, 1.165) is 5.56 Å². The lowest BCUT2D eigenvalue weighted by molar-refractivity contribution is 0.0697. The number of anilines is 1. The average molecular weight is 288 g/mol. The van der Waals surface area contributed by atoms with Crippen LogP contribution >= 0.6 is 0 Å². The topological polar surface area (TPSA) is 78.4 Å². The van der Waals surface area contributed by atoms with Crippen LogP contribution in [0.2, 0.25) is 0 Å². The number of rotatable bonds is 4. The molecule has 3 N–H and O–H groups in total. The predicted octanol–water partition coefficient (Wildman–Crippen LogP) is 2.85. The van der Waals surface area contributed by atoms with Gasteiger partial charge in [0.2, 0.25) is 0 Å². The third kappa shape index (κ3) is 4.31. The van der Waals surface area contributed by atoms with Gasteiger partial charge in [-0.3, -0.25) is 0 Å². The van der Waals surface area contributed by atoms with Gasteiger partial charge >= 0.3 is 12.0 Å². The van der Waals surface area contributed by atoms with Gasteiger partial charge in [0.15, 0.2) is 0 Å². The Morgan fingerprint density at radius 1 is 1.00 bits per heavy atom. The maximum atomic E-state index is 12.7. The zero-order chi connectivity index (χ0) is 15.2. The van der Waals surface area contributed by atoms with Gasteiger partial charge in [0.1, 0.15) is 5.82 Å². The molecule has 2 aromatic rings. The van der Waals surface area contributed by atoms with E-state index in [1.54, 1.807) is 12.1 Å². The Morgan fingerprint density at radius 2 is 1.62 bits per heavy atom. The summed E-state index contributed by atoms with van der Waals surface area (Å²) in [4.78, 5) is 22.4. The Hall–Kier alpha value is -2.89. The van der Waals surface area contributed by atoms with Gasteiger partial charge in [-0.05, 0) is 42.0 Å². The molecule has 2 amide bonds. The normalized spacial score (nSPS) is 9.95. The SMILES string of the molecule is O=C(NCc1ccc(F)cc1)Nc1ccc(C(=O)O)cc1. The van der Waals surface area contributed by atoms with Crippen LogP contribution in [0.1, 0.15) is 15.9 Å². The first-order chi connectivity index (χ1) is 10.0. The summed E-state index contributed by atoms with van der Waals surface area (Å²) in [6.45, 7) is 0.263. The fourth-order valence-corrected chi connectivity index (χ4v) is 1.66. The van der Waals surface area contributed by atoms with Gasteiger partial charge in [-0.1, -0.05) is 12.1 Å². The van der Waals surface area contributed by atoms with Crippen LogP contribution in [-0.2, 0) is 6.54 Å². The summed E-state index contributed by atoms with van der Waals surface area (Å²) in [6, 6.07) is 11.2. The minimum atomic E-state index is -1.03. The summed E-state index contributed by atoms with van der Waals surface area (Å²) in [7, 11) is 0. The molecular weight excluding hydrogens is 275 g/mol. The maximum absolute atomic E-state index is 12.7. The van der Waals surface area contributed by atoms with Crippen molar-refractivity contribution < 1.29 is 19.1 Å². The summed E-state index contributed by atoms with van der Waals surface area (Å²) >= 11 is 0. The van der Waals surface area contributed by atoms with Gasteiger partial charge in [0, 0.05) is 12.2 Å². The monoisotopic (exact) mass is 288 g/mol. The van der Waals surface area contributed by atoms with Crippen molar-refractivity contribution in [1.82, 2.24) is 5.32 Å². The van der Waals surface area contributed by atoms with E-state index in [2.05, 4.69) is 10.6 Å². The molecule has 108 valence electrons. The quantitative estimate of drug-likeness (QED) is 0.809. The van der Waals surface area contributed by atoms with Crippen molar-refractivity contribution in [1.29, 1.82) is 0 Å². The number of hydrogen-bond acceptors (Lipinski definition) is 2. The van der Waals surface area contributed by atoms with Gasteiger partial charge in [-0.25, -0.2) is 14.0 Å². The van der Waals surface area contributed by atoms with Gasteiger partial charge in [0.25, 0.3) is 0 Å². The molecule has 21 heavy (non-hydrogen) atoms. The first kappa shape index (κ1) is 14.5. The lowest BCUT2D eigenvalue weighted by atomic mass is 10.2. The molecule has 0 aliphatic rings. The highest BCUT2D eigenvalue weighted by Crippen LogP contribution is 2.09. The number of carboxylic acid groups (broad SMARTS) is 1. The van der Waals surface area contributed by atoms with Gasteiger partial charge in [-0.2, -0.15) is 0 Å². The fraction of sp³-hybridized carbons (Fsp3) is 0.0667. The Bertz CT molecular complexity index is 639. The number of aromatic carboxylic acids is 1. The first-order valence-electron chi connectivity index (χ1n) is 6.17. The Morgan fingerprint density at radius 3 is 2.19 bits per heavy atom. The molecule has 0 aliphatic carbocycles. The maximum Gasteiger partial charge on any atom is 0.335 e. The van der Waals surface area contributed by atoms with Gasteiger partial charge in [-0.15, -0.1) is 0 Å². The van der Waals surface area contributed by atoms with E-state index in [1.165, 1.54) is 36.4 Å². The van der Waals surface area contributed by atoms with Crippen molar-refractivity contribution in [2.45, 2.75) is 6.54 Å². The Labute approximate surface area is 120 Å². The fourth-order valence-electron chi connectivity index (χ4n) is 1.66. The van der Waals surface area contributed by atoms with Crippen LogP contribution < -0.4 is 10.6 Å². The molecule has 0 fully saturated rings. The molecule has 0 saturated carbocycles. The number of hydrogen-bond donors (Lipinski definition) is 3. The third-order valence-electron chi connectivity index (χ3n) is 2.76. The lowest BCUT2D eigenvalue weighted by Crippen LogP contribution is -2.28. The molecule has 0 radical (unpaired) electrons. The van der Waals surface area contributed by atoms with E-state index < -0.39 is 12.0 Å². The zero-order valence-electron chi connectivity index (χ0n) is 11.0. The Balaban J connectivity index is 1.86. The van der Waals surface area contributed by atoms with E-state index >= 15 is 0 Å². The van der Waals surface area contributed by atoms with Crippen LogP contribution in [0.4, 0.5) is 14.9 Å². The van der Waals surface area contributed by atoms with Gasteiger partial charge in [0.05, 0.1) is 5.56 Å². The molecule has 0 heterocycles. The minimum absolute atomic E-state index is 0.146. The first-order valence-corrected chi connectivity index (χ1v) is 6.17. The summed E-state index contributed by atoms with van der Waals surface area (Å²) in [5, 5.41) is 13.9. The Kier molecular flexibility index (Phi) is 4.50. The molecule has 6 heteroatoms. The molecule has 0 aromatic heterocycles. The summed E-state index contributed by atoms with van der Waals surface area (Å²) < 4.78 is 12.7. The summed E-state index contributed by atoms with van der Waals surface area (Å²) in [5.74, 6) is -1.36. The van der Waals surface area contributed by atoms with E-state index in [4.69, 9.17) is 5.11 Å². The highest BCUT2D eigenvalue weighted by atomic mass is 19.1. The van der Waals surface area contributed by atoms with Crippen LogP contribution in [0.15, 0.2) is 48.5 Å². The summed E-state index contributed by atoms with van der Waals surface area (Å²) in [5.41, 5.74) is 1.40. The second-order valence-electron chi connectivity index (χ2n) is 4.32. The minimum Gasteiger partial charge on any atom is -0.478 e. The van der Waals surface area contributed by atoms with Crippen molar-refractivity contribution in [3.8, 4) is 0 Å². The number of urea groups is 1. The van der Waals surface area contributed by atoms with Crippen LogP contribution in [0.5, 0.6) is 0 Å². The molecule has 0 spiro atoms. The van der Waals surface area contributed by atoms with E-state index in [-0.39, 0.29) is 17.9 Å². The highest BCUT2D eigenvalue weighted by molar-refractivity contribution is 5.91. The number of halogens is 1. The molecule has 2 rings (SSSR count).